The lowest BCUT2D eigenvalue weighted by Gasteiger charge is -2.37. The number of aromatic nitrogens is 1. The summed E-state index contributed by atoms with van der Waals surface area (Å²) in [6, 6.07) is 4.71. The number of hydrogen-bond acceptors (Lipinski definition) is 8. The largest absolute Gasteiger partial charge is 0.495 e. The Morgan fingerprint density at radius 1 is 1.08 bits per heavy atom. The number of aryl methyl sites for hydroxylation is 1. The number of nitrogens with zero attached hydrogens (tertiary/aromatic N) is 1. The number of methoxy groups -OCH3 is 1. The Balaban J connectivity index is 1.58. The minimum Gasteiger partial charge on any atom is -0.495 e. The Labute approximate surface area is 219 Å². The van der Waals surface area contributed by atoms with E-state index in [1.54, 1.807) is 12.1 Å². The molecule has 0 atom stereocenters. The summed E-state index contributed by atoms with van der Waals surface area (Å²) >= 11 is 1.53. The Morgan fingerprint density at radius 2 is 1.75 bits per heavy atom. The van der Waals surface area contributed by atoms with Crippen molar-refractivity contribution >= 4 is 36.3 Å². The van der Waals surface area contributed by atoms with Crippen LogP contribution >= 0.6 is 11.3 Å². The molecule has 1 aromatic carbocycles. The Kier molecular flexibility index (Phi) is 8.04. The fourth-order valence-corrected chi connectivity index (χ4v) is 9.36. The van der Waals surface area contributed by atoms with Crippen LogP contribution in [0.25, 0.3) is 10.4 Å². The molecule has 1 saturated heterocycles. The summed E-state index contributed by atoms with van der Waals surface area (Å²) in [7, 11) is -5.57. The highest BCUT2D eigenvalue weighted by Gasteiger charge is 2.32. The smallest absolute Gasteiger partial charge is 0.244 e. The van der Waals surface area contributed by atoms with E-state index in [0.717, 1.165) is 21.3 Å². The number of ether oxygens (including phenoxy) is 1. The number of sulfone groups is 1. The predicted octanol–water partition coefficient (Wildman–Crippen LogP) is 4.75. The fraction of sp³-hybridized carbons (Fsp3) is 0.640. The molecule has 0 bridgehead atoms. The van der Waals surface area contributed by atoms with Crippen LogP contribution in [0.3, 0.4) is 0 Å². The molecule has 1 aliphatic heterocycles. The van der Waals surface area contributed by atoms with Gasteiger partial charge < -0.3 is 10.1 Å². The van der Waals surface area contributed by atoms with Gasteiger partial charge in [0.15, 0.2) is 5.13 Å². The van der Waals surface area contributed by atoms with Gasteiger partial charge in [-0.2, -0.15) is 0 Å². The molecule has 1 aliphatic carbocycles. The van der Waals surface area contributed by atoms with Crippen molar-refractivity contribution in [2.24, 2.45) is 5.92 Å². The number of hydrogen-bond donors (Lipinski definition) is 2. The van der Waals surface area contributed by atoms with Crippen molar-refractivity contribution in [3.8, 4) is 16.2 Å². The quantitative estimate of drug-likeness (QED) is 0.483. The number of nitrogens with one attached hydrogen (secondary N) is 2. The van der Waals surface area contributed by atoms with E-state index in [-0.39, 0.29) is 40.5 Å². The summed E-state index contributed by atoms with van der Waals surface area (Å²) in [5.41, 5.74) is 1.51. The zero-order chi connectivity index (χ0) is 26.1. The molecule has 2 aliphatic rings. The Bertz CT molecular complexity index is 1280. The second-order valence-corrected chi connectivity index (χ2v) is 15.5. The van der Waals surface area contributed by atoms with Gasteiger partial charge in [-0.05, 0) is 76.1 Å². The molecule has 4 rings (SSSR count). The van der Waals surface area contributed by atoms with E-state index in [0.29, 0.717) is 5.92 Å². The van der Waals surface area contributed by atoms with Crippen molar-refractivity contribution in [3.05, 3.63) is 23.9 Å². The Hall–Kier alpha value is -1.69. The molecule has 200 valence electrons. The minimum atomic E-state index is -3.92. The fourth-order valence-electron chi connectivity index (χ4n) is 5.24. The molecular formula is C25H37N3O5S3. The maximum atomic E-state index is 13.3. The average Bonchev–Trinajstić information content (AvgIpc) is 3.19. The molecule has 2 aromatic rings. The van der Waals surface area contributed by atoms with Crippen LogP contribution in [0.15, 0.2) is 23.1 Å². The lowest BCUT2D eigenvalue weighted by atomic mass is 9.77. The van der Waals surface area contributed by atoms with Gasteiger partial charge in [-0.1, -0.05) is 30.6 Å². The standard InChI is InChI=1S/C25H37N3O5S3/c1-17-23(34-24(26-17)27-25(2,3)19-8-6-5-7-9-19)18-10-11-21(33-4)22(16-18)36(31,32)28-20-12-14-35(29,30)15-13-20/h10-11,16,19-20,28H,5-9,12-15H2,1-4H3,(H,26,27). The van der Waals surface area contributed by atoms with Gasteiger partial charge in [0.1, 0.15) is 20.5 Å². The van der Waals surface area contributed by atoms with Crippen LogP contribution < -0.4 is 14.8 Å². The lowest BCUT2D eigenvalue weighted by Crippen LogP contribution is -2.40. The maximum Gasteiger partial charge on any atom is 0.244 e. The van der Waals surface area contributed by atoms with Crippen LogP contribution in [-0.2, 0) is 19.9 Å². The van der Waals surface area contributed by atoms with Gasteiger partial charge in [0, 0.05) is 11.6 Å². The topological polar surface area (TPSA) is 114 Å². The maximum absolute atomic E-state index is 13.3. The second-order valence-electron chi connectivity index (χ2n) is 10.5. The second kappa shape index (κ2) is 10.6. The van der Waals surface area contributed by atoms with Crippen molar-refractivity contribution in [3.63, 3.8) is 0 Å². The van der Waals surface area contributed by atoms with Crippen LogP contribution in [0, 0.1) is 12.8 Å². The van der Waals surface area contributed by atoms with Gasteiger partial charge in [-0.25, -0.2) is 26.5 Å². The molecule has 2 fully saturated rings. The molecule has 2 heterocycles. The van der Waals surface area contributed by atoms with Crippen molar-refractivity contribution < 1.29 is 21.6 Å². The lowest BCUT2D eigenvalue weighted by molar-refractivity contribution is 0.258. The van der Waals surface area contributed by atoms with E-state index in [1.165, 1.54) is 50.6 Å². The van der Waals surface area contributed by atoms with Crippen LogP contribution in [0.1, 0.15) is 64.5 Å². The molecule has 0 amide bonds. The third-order valence-corrected chi connectivity index (χ3v) is 11.8. The van der Waals surface area contributed by atoms with Crippen LogP contribution in [0.2, 0.25) is 0 Å². The molecule has 0 spiro atoms. The van der Waals surface area contributed by atoms with Gasteiger partial charge in [-0.15, -0.1) is 0 Å². The molecule has 8 nitrogen and oxygen atoms in total. The highest BCUT2D eigenvalue weighted by Crippen LogP contribution is 2.40. The summed E-state index contributed by atoms with van der Waals surface area (Å²) in [6.45, 7) is 6.41. The van der Waals surface area contributed by atoms with Gasteiger partial charge in [-0.3, -0.25) is 0 Å². The first kappa shape index (κ1) is 27.3. The summed E-state index contributed by atoms with van der Waals surface area (Å²) in [6.07, 6.45) is 6.82. The minimum absolute atomic E-state index is 0.00952. The molecule has 36 heavy (non-hydrogen) atoms. The van der Waals surface area contributed by atoms with E-state index in [2.05, 4.69) is 23.9 Å². The molecule has 0 unspecified atom stereocenters. The number of anilines is 1. The van der Waals surface area contributed by atoms with E-state index < -0.39 is 25.9 Å². The summed E-state index contributed by atoms with van der Waals surface area (Å²) in [5.74, 6) is 0.820. The summed E-state index contributed by atoms with van der Waals surface area (Å²) in [4.78, 5) is 5.71. The zero-order valence-corrected chi connectivity index (χ0v) is 23.9. The Morgan fingerprint density at radius 3 is 2.39 bits per heavy atom. The van der Waals surface area contributed by atoms with Gasteiger partial charge in [0.05, 0.1) is 29.2 Å². The van der Waals surface area contributed by atoms with Crippen LogP contribution in [-0.4, -0.2) is 52.0 Å². The van der Waals surface area contributed by atoms with Crippen molar-refractivity contribution in [1.82, 2.24) is 9.71 Å². The third-order valence-electron chi connectivity index (χ3n) is 7.44. The molecule has 1 aromatic heterocycles. The highest BCUT2D eigenvalue weighted by molar-refractivity contribution is 7.91. The number of benzene rings is 1. The first-order chi connectivity index (χ1) is 16.9. The van der Waals surface area contributed by atoms with E-state index >= 15 is 0 Å². The van der Waals surface area contributed by atoms with E-state index in [4.69, 9.17) is 9.72 Å². The van der Waals surface area contributed by atoms with Gasteiger partial charge in [0.2, 0.25) is 10.0 Å². The molecule has 11 heteroatoms. The first-order valence-corrected chi connectivity index (χ1v) is 16.7. The average molecular weight is 556 g/mol. The van der Waals surface area contributed by atoms with Crippen LogP contribution in [0.4, 0.5) is 5.13 Å². The summed E-state index contributed by atoms with van der Waals surface area (Å²) in [5, 5.41) is 4.48. The van der Waals surface area contributed by atoms with Gasteiger partial charge >= 0.3 is 0 Å². The van der Waals surface area contributed by atoms with Crippen molar-refractivity contribution in [2.75, 3.05) is 23.9 Å². The monoisotopic (exact) mass is 555 g/mol. The molecule has 1 saturated carbocycles. The molecular weight excluding hydrogens is 518 g/mol. The molecule has 2 N–H and O–H groups in total. The third kappa shape index (κ3) is 6.23. The first-order valence-electron chi connectivity index (χ1n) is 12.6. The van der Waals surface area contributed by atoms with Crippen LogP contribution in [0.5, 0.6) is 5.75 Å². The normalized spacial score (nSPS) is 19.8. The number of sulfonamides is 1. The van der Waals surface area contributed by atoms with Crippen molar-refractivity contribution in [2.45, 2.75) is 82.2 Å². The number of rotatable bonds is 8. The SMILES string of the molecule is COc1ccc(-c2sc(NC(C)(C)C3CCCCC3)nc2C)cc1S(=O)(=O)NC1CCS(=O)(=O)CC1. The zero-order valence-electron chi connectivity index (χ0n) is 21.5. The highest BCUT2D eigenvalue weighted by atomic mass is 32.2. The van der Waals surface area contributed by atoms with Crippen molar-refractivity contribution in [1.29, 1.82) is 0 Å². The van der Waals surface area contributed by atoms with E-state index in [9.17, 15) is 16.8 Å². The number of thiazole rings is 1. The summed E-state index contributed by atoms with van der Waals surface area (Å²) < 4.78 is 58.2. The predicted molar refractivity (Wildman–Crippen MR) is 145 cm³/mol. The molecule has 0 radical (unpaired) electrons. The van der Waals surface area contributed by atoms with Gasteiger partial charge in [0.25, 0.3) is 0 Å². The van der Waals surface area contributed by atoms with E-state index in [1.807, 2.05) is 13.0 Å².